The van der Waals surface area contributed by atoms with Gasteiger partial charge in [-0.05, 0) is 67.2 Å². The number of nitrogens with zero attached hydrogens (tertiary/aromatic N) is 3. The minimum Gasteiger partial charge on any atom is -0.495 e. The first-order valence-electron chi connectivity index (χ1n) is 10.9. The molecule has 1 fully saturated rings. The maximum atomic E-state index is 13.2. The molecular weight excluding hydrogens is 405 g/mol. The molecule has 0 aliphatic carbocycles. The van der Waals surface area contributed by atoms with Crippen molar-refractivity contribution < 1.29 is 13.9 Å². The molecule has 1 unspecified atom stereocenters. The van der Waals surface area contributed by atoms with E-state index in [2.05, 4.69) is 11.9 Å². The molecule has 0 radical (unpaired) electrons. The summed E-state index contributed by atoms with van der Waals surface area (Å²) in [5.74, 6) is 0.734. The first kappa shape index (κ1) is 21.8. The number of aryl methyl sites for hydroxylation is 1. The summed E-state index contributed by atoms with van der Waals surface area (Å²) in [4.78, 5) is 19.4. The van der Waals surface area contributed by atoms with Gasteiger partial charge in [-0.15, -0.1) is 0 Å². The van der Waals surface area contributed by atoms with Crippen LogP contribution in [0.4, 0.5) is 4.39 Å². The van der Waals surface area contributed by atoms with E-state index in [1.807, 2.05) is 46.9 Å². The van der Waals surface area contributed by atoms with Gasteiger partial charge in [-0.1, -0.05) is 25.1 Å². The van der Waals surface area contributed by atoms with Gasteiger partial charge in [0.1, 0.15) is 11.6 Å². The fourth-order valence-electron chi connectivity index (χ4n) is 4.06. The molecule has 3 aromatic rings. The molecule has 32 heavy (non-hydrogen) atoms. The molecule has 2 aromatic carbocycles. The van der Waals surface area contributed by atoms with Crippen molar-refractivity contribution in [1.29, 1.82) is 0 Å². The number of imidazole rings is 1. The maximum Gasteiger partial charge on any atom is 0.250 e. The second-order valence-corrected chi connectivity index (χ2v) is 8.31. The van der Waals surface area contributed by atoms with E-state index < -0.39 is 0 Å². The summed E-state index contributed by atoms with van der Waals surface area (Å²) in [6, 6.07) is 12.4. The molecule has 2 heterocycles. The zero-order valence-electron chi connectivity index (χ0n) is 18.7. The molecule has 1 aliphatic rings. The molecule has 1 aromatic heterocycles. The highest BCUT2D eigenvalue weighted by atomic mass is 19.1. The molecule has 1 aliphatic heterocycles. The highest BCUT2D eigenvalue weighted by Gasteiger charge is 2.28. The van der Waals surface area contributed by atoms with E-state index in [1.165, 1.54) is 12.1 Å². The molecule has 1 saturated heterocycles. The van der Waals surface area contributed by atoms with E-state index >= 15 is 0 Å². The van der Waals surface area contributed by atoms with Crippen LogP contribution >= 0.6 is 0 Å². The zero-order valence-corrected chi connectivity index (χ0v) is 18.7. The number of amides is 1. The Kier molecular flexibility index (Phi) is 6.40. The number of piperidine rings is 1. The third-order valence-corrected chi connectivity index (χ3v) is 6.00. The van der Waals surface area contributed by atoms with E-state index in [-0.39, 0.29) is 17.6 Å². The van der Waals surface area contributed by atoms with Crippen LogP contribution in [0, 0.1) is 18.7 Å². The summed E-state index contributed by atoms with van der Waals surface area (Å²) in [7, 11) is 1.64. The molecule has 0 saturated carbocycles. The molecule has 166 valence electrons. The van der Waals surface area contributed by atoms with E-state index in [0.29, 0.717) is 13.0 Å². The molecule has 4 rings (SSSR count). The Labute approximate surface area is 188 Å². The largest absolute Gasteiger partial charge is 0.495 e. The van der Waals surface area contributed by atoms with Gasteiger partial charge in [0.25, 0.3) is 0 Å². The minimum atomic E-state index is -0.244. The van der Waals surface area contributed by atoms with Crippen molar-refractivity contribution in [2.75, 3.05) is 20.2 Å². The highest BCUT2D eigenvalue weighted by Crippen LogP contribution is 2.29. The Bertz CT molecular complexity index is 1130. The normalized spacial score (nSPS) is 17.8. The van der Waals surface area contributed by atoms with Crippen molar-refractivity contribution in [2.45, 2.75) is 26.7 Å². The van der Waals surface area contributed by atoms with Gasteiger partial charge in [0, 0.05) is 24.9 Å². The van der Waals surface area contributed by atoms with Gasteiger partial charge in [-0.3, -0.25) is 4.79 Å². The first-order chi connectivity index (χ1) is 15.4. The summed E-state index contributed by atoms with van der Waals surface area (Å²) < 4.78 is 20.7. The van der Waals surface area contributed by atoms with Crippen LogP contribution in [0.25, 0.3) is 11.8 Å². The standard InChI is InChI=1S/C26H28FN3O2/c1-18-10-12-29(13-11-20-4-7-22(27)8-5-20)26(31)23(18)14-21-6-9-24(25(15-21)32-3)30-16-19(2)28-17-30/h4-9,14-18H,10-13H2,1-3H3/b23-14+. The summed E-state index contributed by atoms with van der Waals surface area (Å²) >= 11 is 0. The number of carbonyl (C=O) groups is 1. The average Bonchev–Trinajstić information content (AvgIpc) is 3.23. The van der Waals surface area contributed by atoms with Crippen LogP contribution in [-0.4, -0.2) is 40.6 Å². The van der Waals surface area contributed by atoms with E-state index in [0.717, 1.165) is 46.8 Å². The summed E-state index contributed by atoms with van der Waals surface area (Å²) in [5.41, 5.74) is 4.60. The number of methoxy groups -OCH3 is 1. The van der Waals surface area contributed by atoms with Crippen molar-refractivity contribution in [3.63, 3.8) is 0 Å². The third kappa shape index (κ3) is 4.74. The van der Waals surface area contributed by atoms with Crippen LogP contribution in [-0.2, 0) is 11.2 Å². The number of likely N-dealkylation sites (tertiary alicyclic amines) is 1. The fourth-order valence-corrected chi connectivity index (χ4v) is 4.06. The van der Waals surface area contributed by atoms with Crippen LogP contribution in [0.5, 0.6) is 5.75 Å². The first-order valence-corrected chi connectivity index (χ1v) is 10.9. The second kappa shape index (κ2) is 9.39. The van der Waals surface area contributed by atoms with Crippen LogP contribution in [0.2, 0.25) is 0 Å². The fraction of sp³-hybridized carbons (Fsp3) is 0.308. The number of benzene rings is 2. The van der Waals surface area contributed by atoms with Crippen LogP contribution in [0.1, 0.15) is 30.2 Å². The van der Waals surface area contributed by atoms with Crippen LogP contribution in [0.15, 0.2) is 60.6 Å². The van der Waals surface area contributed by atoms with Crippen LogP contribution < -0.4 is 4.74 Å². The molecule has 0 spiro atoms. The quantitative estimate of drug-likeness (QED) is 0.524. The number of ether oxygens (including phenoxy) is 1. The SMILES string of the molecule is COc1cc(/C=C2/C(=O)N(CCc3ccc(F)cc3)CCC2C)ccc1-n1cnc(C)c1. The van der Waals surface area contributed by atoms with Gasteiger partial charge in [0.15, 0.2) is 0 Å². The Hall–Kier alpha value is -3.41. The lowest BCUT2D eigenvalue weighted by atomic mass is 9.90. The molecule has 5 nitrogen and oxygen atoms in total. The van der Waals surface area contributed by atoms with Gasteiger partial charge < -0.3 is 14.2 Å². The van der Waals surface area contributed by atoms with Crippen molar-refractivity contribution in [2.24, 2.45) is 5.92 Å². The van der Waals surface area contributed by atoms with Crippen molar-refractivity contribution in [3.8, 4) is 11.4 Å². The molecule has 6 heteroatoms. The lowest BCUT2D eigenvalue weighted by molar-refractivity contribution is -0.129. The maximum absolute atomic E-state index is 13.2. The van der Waals surface area contributed by atoms with E-state index in [1.54, 1.807) is 25.6 Å². The molecule has 1 atom stereocenters. The predicted octanol–water partition coefficient (Wildman–Crippen LogP) is 4.82. The highest BCUT2D eigenvalue weighted by molar-refractivity contribution is 5.99. The van der Waals surface area contributed by atoms with Crippen molar-refractivity contribution in [1.82, 2.24) is 14.5 Å². The summed E-state index contributed by atoms with van der Waals surface area (Å²) in [6.45, 7) is 5.40. The Balaban J connectivity index is 1.53. The molecule has 0 N–H and O–H groups in total. The third-order valence-electron chi connectivity index (χ3n) is 6.00. The number of aromatic nitrogens is 2. The van der Waals surface area contributed by atoms with Gasteiger partial charge in [0.2, 0.25) is 5.91 Å². The number of hydrogen-bond donors (Lipinski definition) is 0. The molecular formula is C26H28FN3O2. The summed E-state index contributed by atoms with van der Waals surface area (Å²) in [5, 5.41) is 0. The topological polar surface area (TPSA) is 47.4 Å². The lowest BCUT2D eigenvalue weighted by Gasteiger charge is -2.32. The number of carbonyl (C=O) groups excluding carboxylic acids is 1. The Morgan fingerprint density at radius 2 is 2.00 bits per heavy atom. The summed E-state index contributed by atoms with van der Waals surface area (Å²) in [6.07, 6.45) is 7.31. The number of halogens is 1. The van der Waals surface area contributed by atoms with E-state index in [9.17, 15) is 9.18 Å². The van der Waals surface area contributed by atoms with Gasteiger partial charge in [-0.2, -0.15) is 0 Å². The van der Waals surface area contributed by atoms with Gasteiger partial charge in [-0.25, -0.2) is 9.37 Å². The Morgan fingerprint density at radius 1 is 1.22 bits per heavy atom. The lowest BCUT2D eigenvalue weighted by Crippen LogP contribution is -2.41. The smallest absolute Gasteiger partial charge is 0.250 e. The van der Waals surface area contributed by atoms with Crippen molar-refractivity contribution >= 4 is 12.0 Å². The minimum absolute atomic E-state index is 0.0686. The zero-order chi connectivity index (χ0) is 22.7. The van der Waals surface area contributed by atoms with Crippen LogP contribution in [0.3, 0.4) is 0 Å². The predicted molar refractivity (Wildman–Crippen MR) is 123 cm³/mol. The Morgan fingerprint density at radius 3 is 2.69 bits per heavy atom. The number of hydrogen-bond acceptors (Lipinski definition) is 3. The van der Waals surface area contributed by atoms with Gasteiger partial charge in [0.05, 0.1) is 24.8 Å². The van der Waals surface area contributed by atoms with E-state index in [4.69, 9.17) is 4.74 Å². The van der Waals surface area contributed by atoms with Crippen molar-refractivity contribution in [3.05, 3.63) is 83.2 Å². The molecule has 1 amide bonds. The van der Waals surface area contributed by atoms with Gasteiger partial charge >= 0.3 is 0 Å². The molecule has 0 bridgehead atoms. The second-order valence-electron chi connectivity index (χ2n) is 8.31. The monoisotopic (exact) mass is 433 g/mol. The number of rotatable bonds is 6. The average molecular weight is 434 g/mol.